The van der Waals surface area contributed by atoms with Crippen LogP contribution in [0.25, 0.3) is 22.2 Å². The predicted molar refractivity (Wildman–Crippen MR) is 76.8 cm³/mol. The van der Waals surface area contributed by atoms with Gasteiger partial charge in [-0.3, -0.25) is 0 Å². The van der Waals surface area contributed by atoms with Gasteiger partial charge >= 0.3 is 0 Å². The zero-order valence-electron chi connectivity index (χ0n) is 10.4. The van der Waals surface area contributed by atoms with Gasteiger partial charge < -0.3 is 10.1 Å². The normalized spacial score (nSPS) is 11.8. The third kappa shape index (κ3) is 2.15. The summed E-state index contributed by atoms with van der Waals surface area (Å²) in [5, 5.41) is 15.6. The van der Waals surface area contributed by atoms with E-state index in [1.54, 1.807) is 6.07 Å². The summed E-state index contributed by atoms with van der Waals surface area (Å²) in [5.74, 6) is -0.120. The van der Waals surface area contributed by atoms with Gasteiger partial charge in [0.2, 0.25) is 10.0 Å². The van der Waals surface area contributed by atoms with Crippen molar-refractivity contribution in [3.05, 3.63) is 48.5 Å². The Hall–Kier alpha value is -2.31. The highest BCUT2D eigenvalue weighted by molar-refractivity contribution is 7.89. The molecule has 1 aromatic heterocycles. The lowest BCUT2D eigenvalue weighted by atomic mass is 10.1. The van der Waals surface area contributed by atoms with Crippen molar-refractivity contribution < 1.29 is 13.5 Å². The number of hydrogen-bond acceptors (Lipinski definition) is 3. The van der Waals surface area contributed by atoms with Crippen molar-refractivity contribution in [3.63, 3.8) is 0 Å². The van der Waals surface area contributed by atoms with Gasteiger partial charge in [-0.2, -0.15) is 0 Å². The number of phenolic OH excluding ortho intramolecular Hbond substituents is 1. The molecule has 0 amide bonds. The lowest BCUT2D eigenvalue weighted by Gasteiger charge is -2.00. The standard InChI is InChI=1S/C14H12N2O3S/c15-20(18,19)10-6-13-11(14(17)7-10)8-12(16-13)9-4-2-1-3-5-9/h1-8,16-17H,(H2,15,18,19). The molecule has 0 saturated heterocycles. The number of rotatable bonds is 2. The molecule has 0 aliphatic rings. The van der Waals surface area contributed by atoms with E-state index in [0.717, 1.165) is 17.3 Å². The molecular formula is C14H12N2O3S. The zero-order valence-corrected chi connectivity index (χ0v) is 11.2. The molecule has 20 heavy (non-hydrogen) atoms. The lowest BCUT2D eigenvalue weighted by molar-refractivity contribution is 0.479. The molecular weight excluding hydrogens is 276 g/mol. The van der Waals surface area contributed by atoms with Gasteiger partial charge in [0, 0.05) is 17.1 Å². The van der Waals surface area contributed by atoms with Crippen LogP contribution in [0.2, 0.25) is 0 Å². The Balaban J connectivity index is 2.24. The molecule has 0 radical (unpaired) electrons. The lowest BCUT2D eigenvalue weighted by Crippen LogP contribution is -2.11. The van der Waals surface area contributed by atoms with Crippen LogP contribution in [-0.2, 0) is 10.0 Å². The predicted octanol–water partition coefficient (Wildman–Crippen LogP) is 2.19. The molecule has 0 spiro atoms. The summed E-state index contributed by atoms with van der Waals surface area (Å²) in [6, 6.07) is 13.9. The summed E-state index contributed by atoms with van der Waals surface area (Å²) in [6.45, 7) is 0. The Bertz CT molecular complexity index is 883. The monoisotopic (exact) mass is 288 g/mol. The van der Waals surface area contributed by atoms with E-state index in [4.69, 9.17) is 5.14 Å². The second-order valence-corrected chi connectivity index (χ2v) is 6.06. The summed E-state index contributed by atoms with van der Waals surface area (Å²) in [7, 11) is -3.85. The first-order valence-corrected chi connectivity index (χ1v) is 7.44. The fourth-order valence-corrected chi connectivity index (χ4v) is 2.69. The molecule has 0 aliphatic heterocycles. The van der Waals surface area contributed by atoms with Crippen molar-refractivity contribution in [1.29, 1.82) is 0 Å². The van der Waals surface area contributed by atoms with E-state index in [-0.39, 0.29) is 10.6 Å². The third-order valence-corrected chi connectivity index (χ3v) is 4.00. The summed E-state index contributed by atoms with van der Waals surface area (Å²) in [6.07, 6.45) is 0. The minimum atomic E-state index is -3.85. The Kier molecular flexibility index (Phi) is 2.77. The number of benzene rings is 2. The minimum absolute atomic E-state index is 0.120. The second-order valence-electron chi connectivity index (χ2n) is 4.50. The van der Waals surface area contributed by atoms with Crippen LogP contribution in [0.1, 0.15) is 0 Å². The van der Waals surface area contributed by atoms with Crippen LogP contribution < -0.4 is 5.14 Å². The van der Waals surface area contributed by atoms with Crippen LogP contribution >= 0.6 is 0 Å². The Morgan fingerprint density at radius 1 is 1.05 bits per heavy atom. The first-order chi connectivity index (χ1) is 9.45. The van der Waals surface area contributed by atoms with Crippen molar-refractivity contribution in [2.24, 2.45) is 5.14 Å². The van der Waals surface area contributed by atoms with E-state index in [0.29, 0.717) is 10.9 Å². The van der Waals surface area contributed by atoms with E-state index < -0.39 is 10.0 Å². The molecule has 102 valence electrons. The Labute approximate surface area is 115 Å². The summed E-state index contributed by atoms with van der Waals surface area (Å²) < 4.78 is 22.7. The second kappa shape index (κ2) is 4.36. The number of nitrogens with one attached hydrogen (secondary N) is 1. The average molecular weight is 288 g/mol. The highest BCUT2D eigenvalue weighted by atomic mass is 32.2. The van der Waals surface area contributed by atoms with Gasteiger partial charge in [-0.05, 0) is 17.7 Å². The maximum Gasteiger partial charge on any atom is 0.238 e. The van der Waals surface area contributed by atoms with Crippen LogP contribution in [0.3, 0.4) is 0 Å². The zero-order chi connectivity index (χ0) is 14.3. The quantitative estimate of drug-likeness (QED) is 0.674. The molecule has 3 rings (SSSR count). The number of aromatic nitrogens is 1. The van der Waals surface area contributed by atoms with Crippen LogP contribution in [-0.4, -0.2) is 18.5 Å². The molecule has 0 atom stereocenters. The molecule has 1 heterocycles. The van der Waals surface area contributed by atoms with Gasteiger partial charge in [0.1, 0.15) is 5.75 Å². The maximum absolute atomic E-state index is 11.4. The SMILES string of the molecule is NS(=O)(=O)c1cc(O)c2cc(-c3ccccc3)[nH]c2c1. The number of nitrogens with two attached hydrogens (primary N) is 1. The van der Waals surface area contributed by atoms with Crippen molar-refractivity contribution in [3.8, 4) is 17.0 Å². The van der Waals surface area contributed by atoms with Crippen molar-refractivity contribution in [2.75, 3.05) is 0 Å². The van der Waals surface area contributed by atoms with Gasteiger partial charge in [0.05, 0.1) is 10.4 Å². The highest BCUT2D eigenvalue weighted by Gasteiger charge is 2.14. The molecule has 3 aromatic rings. The third-order valence-electron chi connectivity index (χ3n) is 3.10. The first kappa shape index (κ1) is 12.7. The van der Waals surface area contributed by atoms with Gasteiger partial charge in [-0.15, -0.1) is 0 Å². The van der Waals surface area contributed by atoms with Crippen LogP contribution in [0, 0.1) is 0 Å². The van der Waals surface area contributed by atoms with E-state index in [1.807, 2.05) is 30.3 Å². The highest BCUT2D eigenvalue weighted by Crippen LogP contribution is 2.32. The average Bonchev–Trinajstić information content (AvgIpc) is 2.83. The number of sulfonamides is 1. The Morgan fingerprint density at radius 3 is 2.40 bits per heavy atom. The number of aromatic hydroxyl groups is 1. The van der Waals surface area contributed by atoms with Gasteiger partial charge in [-0.1, -0.05) is 30.3 Å². The number of aromatic amines is 1. The summed E-state index contributed by atoms with van der Waals surface area (Å²) in [4.78, 5) is 2.96. The van der Waals surface area contributed by atoms with E-state index in [1.165, 1.54) is 6.07 Å². The first-order valence-electron chi connectivity index (χ1n) is 5.89. The van der Waals surface area contributed by atoms with Crippen molar-refractivity contribution in [1.82, 2.24) is 4.98 Å². The molecule has 0 aliphatic carbocycles. The number of phenols is 1. The van der Waals surface area contributed by atoms with E-state index >= 15 is 0 Å². The maximum atomic E-state index is 11.4. The van der Waals surface area contributed by atoms with E-state index in [9.17, 15) is 13.5 Å². The van der Waals surface area contributed by atoms with Crippen LogP contribution in [0.5, 0.6) is 5.75 Å². The van der Waals surface area contributed by atoms with Gasteiger partial charge in [0.25, 0.3) is 0 Å². The minimum Gasteiger partial charge on any atom is -0.507 e. The van der Waals surface area contributed by atoms with Crippen LogP contribution in [0.4, 0.5) is 0 Å². The number of primary sulfonamides is 1. The molecule has 0 bridgehead atoms. The molecule has 0 unspecified atom stereocenters. The Morgan fingerprint density at radius 2 is 1.75 bits per heavy atom. The fourth-order valence-electron chi connectivity index (χ4n) is 2.13. The van der Waals surface area contributed by atoms with Crippen molar-refractivity contribution in [2.45, 2.75) is 4.90 Å². The topological polar surface area (TPSA) is 96.2 Å². The molecule has 4 N–H and O–H groups in total. The summed E-state index contributed by atoms with van der Waals surface area (Å²) >= 11 is 0. The largest absolute Gasteiger partial charge is 0.507 e. The van der Waals surface area contributed by atoms with Gasteiger partial charge in [-0.25, -0.2) is 13.6 Å². The molecule has 0 saturated carbocycles. The summed E-state index contributed by atoms with van der Waals surface area (Å²) in [5.41, 5.74) is 2.26. The number of fused-ring (bicyclic) bond motifs is 1. The van der Waals surface area contributed by atoms with Gasteiger partial charge in [0.15, 0.2) is 0 Å². The van der Waals surface area contributed by atoms with E-state index in [2.05, 4.69) is 4.98 Å². The van der Waals surface area contributed by atoms with Crippen molar-refractivity contribution >= 4 is 20.9 Å². The number of hydrogen-bond donors (Lipinski definition) is 3. The molecule has 2 aromatic carbocycles. The fraction of sp³-hybridized carbons (Fsp3) is 0. The number of H-pyrrole nitrogens is 1. The van der Waals surface area contributed by atoms with Crippen LogP contribution in [0.15, 0.2) is 53.4 Å². The molecule has 6 heteroatoms. The molecule has 0 fully saturated rings. The smallest absolute Gasteiger partial charge is 0.238 e. The molecule has 5 nitrogen and oxygen atoms in total.